The lowest BCUT2D eigenvalue weighted by molar-refractivity contribution is -0.118. The lowest BCUT2D eigenvalue weighted by Gasteiger charge is -2.29. The van der Waals surface area contributed by atoms with Crippen LogP contribution < -0.4 is 32.1 Å². The van der Waals surface area contributed by atoms with Gasteiger partial charge in [-0.2, -0.15) is 0 Å². The van der Waals surface area contributed by atoms with Crippen LogP contribution in [0.5, 0.6) is 0 Å². The van der Waals surface area contributed by atoms with E-state index >= 15 is 0 Å². The minimum absolute atomic E-state index is 0.0214. The van der Waals surface area contributed by atoms with Crippen LogP contribution in [0.15, 0.2) is 147 Å². The van der Waals surface area contributed by atoms with Gasteiger partial charge in [-0.15, -0.1) is 0 Å². The molecule has 25 nitrogen and oxygen atoms in total. The van der Waals surface area contributed by atoms with Gasteiger partial charge < -0.3 is 75.9 Å². The Balaban J connectivity index is 0.000000117. The molecule has 6 aliphatic rings. The van der Waals surface area contributed by atoms with Crippen molar-refractivity contribution in [3.63, 3.8) is 0 Å². The predicted molar refractivity (Wildman–Crippen MR) is 390 cm³/mol. The molecule has 3 aliphatic heterocycles. The van der Waals surface area contributed by atoms with E-state index in [1.54, 1.807) is 11.2 Å². The molecule has 1 amide bonds. The lowest BCUT2D eigenvalue weighted by atomic mass is 9.80. The van der Waals surface area contributed by atoms with Crippen LogP contribution in [-0.2, 0) is 4.79 Å². The quantitative estimate of drug-likeness (QED) is 0.0744. The molecule has 514 valence electrons. The minimum atomic E-state index is -1.04. The number of pyridine rings is 3. The molecular weight excluding hydrogens is 1470 g/mol. The number of anilines is 4. The SMILES string of the molecule is Cc1ncnc2c1ccn2[C@@H]1C[C@@]2(CC(=O)N(c3ccc4cc(Br)c(N)nc4c3)C2)[C@@H](O)[C@H]1O.Cc1ncnc2c1ccn2[C@@H]1C[C@@]2(CCN(c3ccc4cc(Br)c(N)nc4c3)C2)[C@@H](O)[C@H]1O.Cc1ncnc2c1ccn2[C@@H]1C[C@@]2(CN[C@@H](c3ccc4cc(Br)c(=O)[nH]c4c3)C2)[C@@H](O)[C@H]1O. The maximum absolute atomic E-state index is 13.1. The summed E-state index contributed by atoms with van der Waals surface area (Å²) in [5.74, 6) is 0.753. The van der Waals surface area contributed by atoms with Gasteiger partial charge >= 0.3 is 0 Å². The molecule has 6 fully saturated rings. The molecule has 12 aromatic rings. The normalized spacial score (nSPS) is 28.0. The van der Waals surface area contributed by atoms with E-state index in [-0.39, 0.29) is 41.4 Å². The lowest BCUT2D eigenvalue weighted by Crippen LogP contribution is -2.38. The number of aromatic nitrogens is 12. The molecular formula is C72H72Br3N17O8. The van der Waals surface area contributed by atoms with Gasteiger partial charge in [-0.05, 0) is 178 Å². The number of H-pyrrole nitrogens is 1. The second-order valence-corrected chi connectivity index (χ2v) is 30.8. The third-order valence-corrected chi connectivity index (χ3v) is 24.4. The van der Waals surface area contributed by atoms with Crippen molar-refractivity contribution in [2.75, 3.05) is 47.4 Å². The number of aromatic amines is 1. The summed E-state index contributed by atoms with van der Waals surface area (Å²) in [5, 5.41) is 75.9. The summed E-state index contributed by atoms with van der Waals surface area (Å²) in [6, 6.07) is 28.5. The molecule has 9 aromatic heterocycles. The number of nitrogens with two attached hydrogens (primary N) is 2. The summed E-state index contributed by atoms with van der Waals surface area (Å²) >= 11 is 10.1. The molecule has 3 spiro atoms. The van der Waals surface area contributed by atoms with Crippen LogP contribution in [0.4, 0.5) is 23.0 Å². The number of aliphatic hydroxyl groups excluding tert-OH is 6. The fourth-order valence-electron chi connectivity index (χ4n) is 17.1. The Morgan fingerprint density at radius 3 is 1.54 bits per heavy atom. The van der Waals surface area contributed by atoms with Crippen molar-refractivity contribution in [2.24, 2.45) is 16.2 Å². The zero-order chi connectivity index (χ0) is 69.6. The van der Waals surface area contributed by atoms with Crippen molar-refractivity contribution in [3.05, 3.63) is 175 Å². The van der Waals surface area contributed by atoms with Gasteiger partial charge in [0, 0.05) is 117 Å². The molecule has 0 bridgehead atoms. The number of halogens is 3. The van der Waals surface area contributed by atoms with Gasteiger partial charge in [0.15, 0.2) is 0 Å². The average molecular weight is 1540 g/mol. The van der Waals surface area contributed by atoms with Crippen LogP contribution >= 0.6 is 47.8 Å². The van der Waals surface area contributed by atoms with Crippen LogP contribution in [0.1, 0.15) is 85.3 Å². The molecule has 13 atom stereocenters. The van der Waals surface area contributed by atoms with Gasteiger partial charge in [0.1, 0.15) is 65.9 Å². The third-order valence-electron chi connectivity index (χ3n) is 22.5. The molecule has 3 aromatic carbocycles. The zero-order valence-corrected chi connectivity index (χ0v) is 59.3. The van der Waals surface area contributed by atoms with Crippen molar-refractivity contribution in [3.8, 4) is 0 Å². The second-order valence-electron chi connectivity index (χ2n) is 28.2. The number of carbonyl (C=O) groups is 1. The number of aliphatic hydroxyl groups is 6. The van der Waals surface area contributed by atoms with E-state index in [2.05, 4.69) is 115 Å². The summed E-state index contributed by atoms with van der Waals surface area (Å²) in [6.45, 7) is 8.20. The van der Waals surface area contributed by atoms with Gasteiger partial charge in [0.25, 0.3) is 5.56 Å². The molecule has 3 aliphatic carbocycles. The summed E-state index contributed by atoms with van der Waals surface area (Å²) in [7, 11) is 0. The van der Waals surface area contributed by atoms with E-state index in [9.17, 15) is 40.2 Å². The molecule has 28 heteroatoms. The van der Waals surface area contributed by atoms with Crippen molar-refractivity contribution >= 4 is 143 Å². The number of benzene rings is 3. The minimum Gasteiger partial charge on any atom is -0.390 e. The number of nitrogens with zero attached hydrogens (tertiary/aromatic N) is 13. The maximum atomic E-state index is 13.1. The number of nitrogens with one attached hydrogen (secondary N) is 2. The van der Waals surface area contributed by atoms with Crippen LogP contribution in [0.25, 0.3) is 65.8 Å². The Morgan fingerprint density at radius 2 is 0.990 bits per heavy atom. The van der Waals surface area contributed by atoms with E-state index in [1.165, 1.54) is 12.7 Å². The molecule has 18 rings (SSSR count). The van der Waals surface area contributed by atoms with E-state index in [1.807, 2.05) is 132 Å². The van der Waals surface area contributed by atoms with Crippen LogP contribution in [-0.4, -0.2) is 158 Å². The van der Waals surface area contributed by atoms with Crippen LogP contribution in [0.2, 0.25) is 0 Å². The number of hydrogen-bond acceptors (Lipinski definition) is 20. The van der Waals surface area contributed by atoms with Crippen molar-refractivity contribution in [1.29, 1.82) is 0 Å². The highest BCUT2D eigenvalue weighted by molar-refractivity contribution is 9.11. The number of amides is 1. The topological polar surface area (TPSA) is 360 Å². The number of nitrogen functional groups attached to an aromatic ring is 2. The summed E-state index contributed by atoms with van der Waals surface area (Å²) in [6.07, 6.45) is 8.33. The fraction of sp³-hybridized carbons (Fsp3) is 0.361. The Bertz CT molecular complexity index is 5340. The molecule has 3 saturated heterocycles. The maximum Gasteiger partial charge on any atom is 0.262 e. The first-order valence-corrected chi connectivity index (χ1v) is 35.6. The summed E-state index contributed by atoms with van der Waals surface area (Å²) < 4.78 is 7.91. The van der Waals surface area contributed by atoms with Crippen molar-refractivity contribution in [1.82, 2.24) is 63.9 Å². The standard InChI is InChI=1S/C24H23BrN6O3.C24H25BrN6O2.C24H24BrN5O3/c1-12-15-4-5-30(23(15)28-11-27-12)18-8-24(21(34)20(18)33)9-19(32)31(10-24)14-3-2-13-6-16(25)22(26)29-17(13)7-14;1-13-16-4-6-31(23(16)28-12-27-13)19-10-24(21(33)20(19)32)5-7-30(11-24)15-3-2-14-8-17(25)22(26)29-18(14)9-15;1-12-15-4-5-30(22(15)28-11-27-12)19-9-24(21(32)20(19)31)8-18(26-10-24)14-3-2-13-6-16(25)23(33)29-17(13)7-14/h2-7,11,18,20-21,33-34H,8-10H2,1H3,(H2,26,29);2-4,6,8-9,12,19-21,32-33H,5,7,10-11H2,1H3,(H2,26,29);2-7,11,18-21,26,31-32H,8-10H2,1H3,(H,29,33)/t18-,20+,21+,24+;19-,20+,21+,24-;18-,19-,20+,21+,24+/m111/s1. The monoisotopic (exact) mass is 1540 g/mol. The smallest absolute Gasteiger partial charge is 0.262 e. The molecule has 12 N–H and O–H groups in total. The number of carbonyl (C=O) groups excluding carboxylic acids is 1. The highest BCUT2D eigenvalue weighted by atomic mass is 79.9. The van der Waals surface area contributed by atoms with Gasteiger partial charge in [0.2, 0.25) is 5.91 Å². The Hall–Kier alpha value is -8.42. The number of fused-ring (bicyclic) bond motifs is 6. The second kappa shape index (κ2) is 25.0. The van der Waals surface area contributed by atoms with Crippen LogP contribution in [0.3, 0.4) is 0 Å². The number of rotatable bonds is 6. The first-order valence-electron chi connectivity index (χ1n) is 33.3. The first-order chi connectivity index (χ1) is 48.0. The highest BCUT2D eigenvalue weighted by Crippen LogP contribution is 2.55. The van der Waals surface area contributed by atoms with Gasteiger partial charge in [-0.1, -0.05) is 24.3 Å². The number of hydrogen-bond donors (Lipinski definition) is 10. The van der Waals surface area contributed by atoms with E-state index < -0.39 is 53.5 Å². The first kappa shape index (κ1) is 66.1. The molecule has 0 unspecified atom stereocenters. The Kier molecular flexibility index (Phi) is 16.5. The molecule has 12 heterocycles. The van der Waals surface area contributed by atoms with Gasteiger partial charge in [0.05, 0.1) is 78.0 Å². The van der Waals surface area contributed by atoms with E-state index in [4.69, 9.17) is 11.5 Å². The molecule has 0 radical (unpaired) electrons. The number of aryl methyl sites for hydroxylation is 3. The van der Waals surface area contributed by atoms with Gasteiger partial charge in [-0.25, -0.2) is 39.9 Å². The Labute approximate surface area is 596 Å². The van der Waals surface area contributed by atoms with Gasteiger partial charge in [-0.3, -0.25) is 9.59 Å². The summed E-state index contributed by atoms with van der Waals surface area (Å²) in [5.41, 5.74) is 20.2. The largest absolute Gasteiger partial charge is 0.390 e. The van der Waals surface area contributed by atoms with Crippen molar-refractivity contribution < 1.29 is 35.4 Å². The van der Waals surface area contributed by atoms with E-state index in [0.29, 0.717) is 78.3 Å². The Morgan fingerprint density at radius 1 is 0.520 bits per heavy atom. The zero-order valence-electron chi connectivity index (χ0n) is 54.6. The average Bonchev–Trinajstić information content (AvgIpc) is 1.53. The summed E-state index contributed by atoms with van der Waals surface area (Å²) in [4.78, 5) is 67.0. The molecule has 3 saturated carbocycles. The highest BCUT2D eigenvalue weighted by Gasteiger charge is 2.60. The third kappa shape index (κ3) is 11.0. The fourth-order valence-corrected chi connectivity index (χ4v) is 18.1. The molecule has 100 heavy (non-hydrogen) atoms. The van der Waals surface area contributed by atoms with Crippen molar-refractivity contribution in [2.45, 2.75) is 120 Å². The predicted octanol–water partition coefficient (Wildman–Crippen LogP) is 8.65. The van der Waals surface area contributed by atoms with Crippen LogP contribution in [0, 0.1) is 37.0 Å². The van der Waals surface area contributed by atoms with E-state index in [0.717, 1.165) is 105 Å².